The van der Waals surface area contributed by atoms with Crippen LogP contribution in [-0.4, -0.2) is 36.5 Å². The number of hydrogen-bond donors (Lipinski definition) is 2. The monoisotopic (exact) mass is 354 g/mol. The van der Waals surface area contributed by atoms with Gasteiger partial charge in [-0.15, -0.1) is 0 Å². The van der Waals surface area contributed by atoms with Crippen LogP contribution in [0.3, 0.4) is 0 Å². The first-order valence-corrected chi connectivity index (χ1v) is 8.12. The van der Waals surface area contributed by atoms with Crippen molar-refractivity contribution in [2.24, 2.45) is 5.73 Å². The van der Waals surface area contributed by atoms with Crippen molar-refractivity contribution in [1.29, 1.82) is 0 Å². The zero-order valence-electron chi connectivity index (χ0n) is 15.2. The first kappa shape index (κ1) is 17.8. The zero-order valence-corrected chi connectivity index (χ0v) is 15.2. The molecule has 1 unspecified atom stereocenters. The molecule has 26 heavy (non-hydrogen) atoms. The Morgan fingerprint density at radius 2 is 1.58 bits per heavy atom. The van der Waals surface area contributed by atoms with Gasteiger partial charge in [0.05, 0.1) is 27.4 Å². The fourth-order valence-corrected chi connectivity index (χ4v) is 2.68. The standard InChI is InChI=1S/C19H22N4O3/c1-11-5-7-12(8-6-11)16(20)19-21-18(22-23-19)13-9-14(24-2)17(26-4)15(10-13)25-3/h5-10,16H,20H2,1-4H3,(H,21,22,23). The van der Waals surface area contributed by atoms with E-state index < -0.39 is 0 Å². The molecule has 0 aliphatic heterocycles. The highest BCUT2D eigenvalue weighted by molar-refractivity contribution is 5.66. The average molecular weight is 354 g/mol. The van der Waals surface area contributed by atoms with Gasteiger partial charge in [0.1, 0.15) is 5.82 Å². The number of H-pyrrole nitrogens is 1. The van der Waals surface area contributed by atoms with Crippen LogP contribution < -0.4 is 19.9 Å². The number of aryl methyl sites for hydroxylation is 1. The van der Waals surface area contributed by atoms with E-state index in [1.54, 1.807) is 33.5 Å². The van der Waals surface area contributed by atoms with Gasteiger partial charge in [-0.1, -0.05) is 29.8 Å². The van der Waals surface area contributed by atoms with Crippen molar-refractivity contribution in [3.63, 3.8) is 0 Å². The normalized spacial score (nSPS) is 11.9. The van der Waals surface area contributed by atoms with Gasteiger partial charge in [-0.05, 0) is 24.6 Å². The van der Waals surface area contributed by atoms with Crippen molar-refractivity contribution in [3.8, 4) is 28.6 Å². The molecule has 0 saturated heterocycles. The smallest absolute Gasteiger partial charge is 0.203 e. The molecule has 136 valence electrons. The number of rotatable bonds is 6. The minimum atomic E-state index is -0.390. The molecule has 0 saturated carbocycles. The quantitative estimate of drug-likeness (QED) is 0.707. The Hall–Kier alpha value is -3.06. The highest BCUT2D eigenvalue weighted by Crippen LogP contribution is 2.40. The first-order chi connectivity index (χ1) is 12.6. The van der Waals surface area contributed by atoms with Crippen molar-refractivity contribution in [2.75, 3.05) is 21.3 Å². The molecule has 1 atom stereocenters. The zero-order chi connectivity index (χ0) is 18.7. The summed E-state index contributed by atoms with van der Waals surface area (Å²) in [7, 11) is 4.70. The summed E-state index contributed by atoms with van der Waals surface area (Å²) < 4.78 is 16.1. The Bertz CT molecular complexity index is 865. The summed E-state index contributed by atoms with van der Waals surface area (Å²) in [5.41, 5.74) is 9.19. The van der Waals surface area contributed by atoms with Crippen LogP contribution in [-0.2, 0) is 0 Å². The van der Waals surface area contributed by atoms with Gasteiger partial charge in [0, 0.05) is 5.56 Å². The Morgan fingerprint density at radius 1 is 0.962 bits per heavy atom. The van der Waals surface area contributed by atoms with Crippen LogP contribution in [0.2, 0.25) is 0 Å². The number of hydrogen-bond acceptors (Lipinski definition) is 6. The summed E-state index contributed by atoms with van der Waals surface area (Å²) in [4.78, 5) is 4.54. The summed E-state index contributed by atoms with van der Waals surface area (Å²) in [6.45, 7) is 2.03. The average Bonchev–Trinajstić information content (AvgIpc) is 3.17. The Labute approximate surface area is 152 Å². The molecular formula is C19H22N4O3. The number of benzene rings is 2. The van der Waals surface area contributed by atoms with E-state index in [-0.39, 0.29) is 6.04 Å². The molecule has 0 bridgehead atoms. The minimum absolute atomic E-state index is 0.390. The van der Waals surface area contributed by atoms with E-state index >= 15 is 0 Å². The van der Waals surface area contributed by atoms with Crippen LogP contribution in [0.4, 0.5) is 0 Å². The lowest BCUT2D eigenvalue weighted by molar-refractivity contribution is 0.324. The molecule has 7 nitrogen and oxygen atoms in total. The second kappa shape index (κ2) is 7.45. The van der Waals surface area contributed by atoms with Crippen molar-refractivity contribution >= 4 is 0 Å². The van der Waals surface area contributed by atoms with Crippen LogP contribution in [0, 0.1) is 6.92 Å². The highest BCUT2D eigenvalue weighted by Gasteiger charge is 2.18. The maximum absolute atomic E-state index is 6.31. The fraction of sp³-hybridized carbons (Fsp3) is 0.263. The molecule has 0 spiro atoms. The van der Waals surface area contributed by atoms with E-state index in [1.165, 1.54) is 5.56 Å². The van der Waals surface area contributed by atoms with Crippen LogP contribution in [0.25, 0.3) is 11.4 Å². The third-order valence-electron chi connectivity index (χ3n) is 4.16. The molecule has 2 aromatic carbocycles. The molecule has 3 N–H and O–H groups in total. The maximum atomic E-state index is 6.31. The minimum Gasteiger partial charge on any atom is -0.493 e. The third-order valence-corrected chi connectivity index (χ3v) is 4.16. The van der Waals surface area contributed by atoms with E-state index in [2.05, 4.69) is 15.2 Å². The van der Waals surface area contributed by atoms with Gasteiger partial charge in [0.25, 0.3) is 0 Å². The Morgan fingerprint density at radius 3 is 2.12 bits per heavy atom. The number of nitrogens with zero attached hydrogens (tertiary/aromatic N) is 2. The van der Waals surface area contributed by atoms with Gasteiger partial charge in [0.15, 0.2) is 17.3 Å². The Balaban J connectivity index is 1.95. The molecule has 0 aliphatic rings. The third kappa shape index (κ3) is 3.34. The summed E-state index contributed by atoms with van der Waals surface area (Å²) in [5.74, 6) is 2.68. The van der Waals surface area contributed by atoms with Gasteiger partial charge in [-0.3, -0.25) is 5.10 Å². The molecule has 3 rings (SSSR count). The van der Waals surface area contributed by atoms with Crippen molar-refractivity contribution in [2.45, 2.75) is 13.0 Å². The lowest BCUT2D eigenvalue weighted by atomic mass is 10.1. The predicted octanol–water partition coefficient (Wildman–Crippen LogP) is 2.85. The summed E-state index contributed by atoms with van der Waals surface area (Å²) in [6.07, 6.45) is 0. The molecular weight excluding hydrogens is 332 g/mol. The van der Waals surface area contributed by atoms with Crippen molar-refractivity contribution in [3.05, 3.63) is 53.3 Å². The predicted molar refractivity (Wildman–Crippen MR) is 98.7 cm³/mol. The number of nitrogens with one attached hydrogen (secondary N) is 1. The van der Waals surface area contributed by atoms with Gasteiger partial charge in [0.2, 0.25) is 5.75 Å². The number of nitrogens with two attached hydrogens (primary N) is 1. The molecule has 0 fully saturated rings. The Kier molecular flexibility index (Phi) is 5.09. The SMILES string of the molecule is COc1cc(-c2n[nH]c(C(N)c3ccc(C)cc3)n2)cc(OC)c1OC. The number of aromatic amines is 1. The van der Waals surface area contributed by atoms with E-state index in [0.29, 0.717) is 28.9 Å². The van der Waals surface area contributed by atoms with Gasteiger partial charge in [-0.2, -0.15) is 5.10 Å². The number of ether oxygens (including phenoxy) is 3. The lowest BCUT2D eigenvalue weighted by Crippen LogP contribution is -2.13. The van der Waals surface area contributed by atoms with Gasteiger partial charge < -0.3 is 19.9 Å². The molecule has 0 aliphatic carbocycles. The largest absolute Gasteiger partial charge is 0.493 e. The summed E-state index contributed by atoms with van der Waals surface area (Å²) in [6, 6.07) is 11.2. The van der Waals surface area contributed by atoms with E-state index in [9.17, 15) is 0 Å². The van der Waals surface area contributed by atoms with E-state index in [1.807, 2.05) is 31.2 Å². The van der Waals surface area contributed by atoms with Crippen LogP contribution in [0.15, 0.2) is 36.4 Å². The molecule has 7 heteroatoms. The van der Waals surface area contributed by atoms with Gasteiger partial charge in [-0.25, -0.2) is 4.98 Å². The number of aromatic nitrogens is 3. The second-order valence-electron chi connectivity index (χ2n) is 5.85. The molecule has 1 heterocycles. The first-order valence-electron chi connectivity index (χ1n) is 8.12. The van der Waals surface area contributed by atoms with E-state index in [0.717, 1.165) is 11.1 Å². The van der Waals surface area contributed by atoms with Crippen molar-refractivity contribution in [1.82, 2.24) is 15.2 Å². The topological polar surface area (TPSA) is 95.3 Å². The molecule has 1 aromatic heterocycles. The number of methoxy groups -OCH3 is 3. The molecule has 3 aromatic rings. The molecule has 0 amide bonds. The molecule has 0 radical (unpaired) electrons. The van der Waals surface area contributed by atoms with Gasteiger partial charge >= 0.3 is 0 Å². The summed E-state index contributed by atoms with van der Waals surface area (Å²) in [5, 5.41) is 7.21. The maximum Gasteiger partial charge on any atom is 0.203 e. The second-order valence-corrected chi connectivity index (χ2v) is 5.85. The van der Waals surface area contributed by atoms with Crippen LogP contribution in [0.5, 0.6) is 17.2 Å². The van der Waals surface area contributed by atoms with Crippen LogP contribution in [0.1, 0.15) is 23.0 Å². The fourth-order valence-electron chi connectivity index (χ4n) is 2.68. The van der Waals surface area contributed by atoms with Crippen LogP contribution >= 0.6 is 0 Å². The summed E-state index contributed by atoms with van der Waals surface area (Å²) >= 11 is 0. The lowest BCUT2D eigenvalue weighted by Gasteiger charge is -2.13. The highest BCUT2D eigenvalue weighted by atomic mass is 16.5. The van der Waals surface area contributed by atoms with E-state index in [4.69, 9.17) is 19.9 Å². The van der Waals surface area contributed by atoms with Crippen molar-refractivity contribution < 1.29 is 14.2 Å².